The highest BCUT2D eigenvalue weighted by Gasteiger charge is 2.24. The molecular formula is C11H20N2O3. The van der Waals surface area contributed by atoms with Crippen molar-refractivity contribution in [2.75, 3.05) is 6.54 Å². The van der Waals surface area contributed by atoms with Gasteiger partial charge in [0.2, 0.25) is 5.91 Å². The van der Waals surface area contributed by atoms with E-state index in [1.54, 1.807) is 0 Å². The van der Waals surface area contributed by atoms with Crippen molar-refractivity contribution in [3.05, 3.63) is 0 Å². The summed E-state index contributed by atoms with van der Waals surface area (Å²) < 4.78 is 0. The van der Waals surface area contributed by atoms with Crippen LogP contribution in [0.15, 0.2) is 0 Å². The maximum Gasteiger partial charge on any atom is 0.320 e. The van der Waals surface area contributed by atoms with E-state index in [4.69, 9.17) is 5.11 Å². The van der Waals surface area contributed by atoms with Gasteiger partial charge in [0.1, 0.15) is 6.04 Å². The molecule has 5 nitrogen and oxygen atoms in total. The summed E-state index contributed by atoms with van der Waals surface area (Å²) in [7, 11) is 0. The molecule has 1 aliphatic rings. The molecule has 92 valence electrons. The van der Waals surface area contributed by atoms with E-state index in [2.05, 4.69) is 10.6 Å². The Balaban J connectivity index is 2.32. The van der Waals surface area contributed by atoms with E-state index >= 15 is 0 Å². The topological polar surface area (TPSA) is 78.4 Å². The third-order valence-electron chi connectivity index (χ3n) is 2.70. The molecule has 5 heteroatoms. The van der Waals surface area contributed by atoms with Gasteiger partial charge in [-0.25, -0.2) is 0 Å². The number of carbonyl (C=O) groups excluding carboxylic acids is 1. The number of carboxylic acids is 1. The van der Waals surface area contributed by atoms with E-state index in [1.807, 2.05) is 13.8 Å². The van der Waals surface area contributed by atoms with E-state index in [1.165, 1.54) is 0 Å². The fourth-order valence-corrected chi connectivity index (χ4v) is 1.86. The largest absolute Gasteiger partial charge is 0.480 e. The number of aliphatic carboxylic acids is 1. The van der Waals surface area contributed by atoms with Crippen LogP contribution in [0, 0.1) is 5.92 Å². The van der Waals surface area contributed by atoms with Crippen molar-refractivity contribution in [2.24, 2.45) is 5.92 Å². The zero-order valence-electron chi connectivity index (χ0n) is 9.82. The van der Waals surface area contributed by atoms with E-state index in [0.29, 0.717) is 25.3 Å². The number of hydrogen-bond acceptors (Lipinski definition) is 3. The Morgan fingerprint density at radius 2 is 2.31 bits per heavy atom. The molecule has 0 saturated carbocycles. The molecule has 1 rings (SSSR count). The van der Waals surface area contributed by atoms with Crippen LogP contribution in [0.5, 0.6) is 0 Å². The maximum atomic E-state index is 11.0. The first-order chi connectivity index (χ1) is 7.49. The monoisotopic (exact) mass is 228 g/mol. The van der Waals surface area contributed by atoms with Crippen LogP contribution in [-0.4, -0.2) is 35.6 Å². The summed E-state index contributed by atoms with van der Waals surface area (Å²) in [6.45, 7) is 4.53. The normalized spacial score (nSPS) is 22.2. The summed E-state index contributed by atoms with van der Waals surface area (Å²) in [5, 5.41) is 14.8. The highest BCUT2D eigenvalue weighted by atomic mass is 16.4. The van der Waals surface area contributed by atoms with Crippen LogP contribution < -0.4 is 10.6 Å². The molecule has 2 atom stereocenters. The lowest BCUT2D eigenvalue weighted by Crippen LogP contribution is -2.44. The molecule has 0 radical (unpaired) electrons. The van der Waals surface area contributed by atoms with E-state index < -0.39 is 12.0 Å². The average Bonchev–Trinajstić information content (AvgIpc) is 2.58. The van der Waals surface area contributed by atoms with Gasteiger partial charge in [0, 0.05) is 19.0 Å². The highest BCUT2D eigenvalue weighted by Crippen LogP contribution is 2.08. The molecule has 0 aromatic carbocycles. The van der Waals surface area contributed by atoms with Crippen LogP contribution in [0.1, 0.15) is 33.1 Å². The number of carbonyl (C=O) groups is 2. The van der Waals surface area contributed by atoms with Crippen molar-refractivity contribution in [1.82, 2.24) is 10.6 Å². The zero-order chi connectivity index (χ0) is 12.1. The number of amides is 1. The molecule has 0 aromatic heterocycles. The van der Waals surface area contributed by atoms with E-state index in [-0.39, 0.29) is 11.9 Å². The minimum absolute atomic E-state index is 0.0579. The van der Waals surface area contributed by atoms with Gasteiger partial charge in [-0.2, -0.15) is 0 Å². The lowest BCUT2D eigenvalue weighted by molar-refractivity contribution is -0.139. The Morgan fingerprint density at radius 3 is 2.75 bits per heavy atom. The summed E-state index contributed by atoms with van der Waals surface area (Å²) in [6, 6.07) is -0.431. The first-order valence-electron chi connectivity index (χ1n) is 5.74. The Bertz CT molecular complexity index is 266. The smallest absolute Gasteiger partial charge is 0.320 e. The molecule has 2 unspecified atom stereocenters. The first kappa shape index (κ1) is 13.0. The average molecular weight is 228 g/mol. The van der Waals surface area contributed by atoms with Crippen LogP contribution in [-0.2, 0) is 9.59 Å². The second-order valence-corrected chi connectivity index (χ2v) is 4.73. The lowest BCUT2D eigenvalue weighted by Gasteiger charge is -2.19. The first-order valence-corrected chi connectivity index (χ1v) is 5.74. The number of carboxylic acid groups (broad SMARTS) is 1. The lowest BCUT2D eigenvalue weighted by atomic mass is 10.0. The molecule has 1 heterocycles. The van der Waals surface area contributed by atoms with Crippen molar-refractivity contribution in [3.8, 4) is 0 Å². The molecule has 3 N–H and O–H groups in total. The van der Waals surface area contributed by atoms with Crippen molar-refractivity contribution in [3.63, 3.8) is 0 Å². The fourth-order valence-electron chi connectivity index (χ4n) is 1.86. The van der Waals surface area contributed by atoms with Gasteiger partial charge in [0.25, 0.3) is 0 Å². The van der Waals surface area contributed by atoms with E-state index in [9.17, 15) is 9.59 Å². The zero-order valence-corrected chi connectivity index (χ0v) is 9.82. The second-order valence-electron chi connectivity index (χ2n) is 4.73. The Kier molecular flexibility index (Phi) is 4.73. The predicted molar refractivity (Wildman–Crippen MR) is 60.0 cm³/mol. The van der Waals surface area contributed by atoms with Gasteiger partial charge in [-0.3, -0.25) is 9.59 Å². The summed E-state index contributed by atoms with van der Waals surface area (Å²) in [5.74, 6) is -0.424. The molecule has 0 bridgehead atoms. The van der Waals surface area contributed by atoms with Gasteiger partial charge in [0.05, 0.1) is 0 Å². The van der Waals surface area contributed by atoms with Crippen LogP contribution in [0.3, 0.4) is 0 Å². The Labute approximate surface area is 95.6 Å². The van der Waals surface area contributed by atoms with Crippen molar-refractivity contribution < 1.29 is 14.7 Å². The van der Waals surface area contributed by atoms with Crippen LogP contribution in [0.4, 0.5) is 0 Å². The standard InChI is InChI=1S/C11H20N2O3/c1-7(2)5-9(11(15)16)12-6-8-3-4-10(14)13-8/h7-9,12H,3-6H2,1-2H3,(H,13,14)(H,15,16). The number of rotatable bonds is 6. The molecule has 1 amide bonds. The Hall–Kier alpha value is -1.10. The van der Waals surface area contributed by atoms with Gasteiger partial charge in [-0.15, -0.1) is 0 Å². The van der Waals surface area contributed by atoms with Crippen molar-refractivity contribution >= 4 is 11.9 Å². The molecule has 1 fully saturated rings. The SMILES string of the molecule is CC(C)CC(NCC1CCC(=O)N1)C(=O)O. The van der Waals surface area contributed by atoms with Gasteiger partial charge in [-0.1, -0.05) is 13.8 Å². The van der Waals surface area contributed by atoms with E-state index in [0.717, 1.165) is 6.42 Å². The summed E-state index contributed by atoms with van der Waals surface area (Å²) in [4.78, 5) is 21.9. The van der Waals surface area contributed by atoms with Gasteiger partial charge in [0.15, 0.2) is 0 Å². The summed E-state index contributed by atoms with van der Waals surface area (Å²) in [5.41, 5.74) is 0. The fraction of sp³-hybridized carbons (Fsp3) is 0.818. The maximum absolute atomic E-state index is 11.0. The van der Waals surface area contributed by atoms with Crippen LogP contribution >= 0.6 is 0 Å². The van der Waals surface area contributed by atoms with Crippen LogP contribution in [0.2, 0.25) is 0 Å². The predicted octanol–water partition coefficient (Wildman–Crippen LogP) is 0.354. The summed E-state index contributed by atoms with van der Waals surface area (Å²) >= 11 is 0. The summed E-state index contributed by atoms with van der Waals surface area (Å²) in [6.07, 6.45) is 1.95. The molecule has 1 saturated heterocycles. The molecule has 1 aliphatic heterocycles. The third-order valence-corrected chi connectivity index (χ3v) is 2.70. The quantitative estimate of drug-likeness (QED) is 0.613. The molecule has 0 aliphatic carbocycles. The van der Waals surface area contributed by atoms with Gasteiger partial charge < -0.3 is 15.7 Å². The minimum Gasteiger partial charge on any atom is -0.480 e. The van der Waals surface area contributed by atoms with Gasteiger partial charge in [-0.05, 0) is 18.8 Å². The highest BCUT2D eigenvalue weighted by molar-refractivity contribution is 5.78. The molecular weight excluding hydrogens is 208 g/mol. The number of hydrogen-bond donors (Lipinski definition) is 3. The third kappa shape index (κ3) is 4.18. The minimum atomic E-state index is -0.821. The van der Waals surface area contributed by atoms with Crippen molar-refractivity contribution in [2.45, 2.75) is 45.2 Å². The van der Waals surface area contributed by atoms with Crippen LogP contribution in [0.25, 0.3) is 0 Å². The second kappa shape index (κ2) is 5.84. The number of nitrogens with one attached hydrogen (secondary N) is 2. The molecule has 0 aromatic rings. The molecule has 0 spiro atoms. The van der Waals surface area contributed by atoms with Crippen molar-refractivity contribution in [1.29, 1.82) is 0 Å². The van der Waals surface area contributed by atoms with Gasteiger partial charge >= 0.3 is 5.97 Å². The molecule has 16 heavy (non-hydrogen) atoms. The Morgan fingerprint density at radius 1 is 1.62 bits per heavy atom.